The van der Waals surface area contributed by atoms with Crippen LogP contribution >= 0.6 is 0 Å². The van der Waals surface area contributed by atoms with Gasteiger partial charge in [0.15, 0.2) is 0 Å². The number of hydrogen-bond donors (Lipinski definition) is 0. The molecule has 1 amide bonds. The number of carbonyl (C=O) groups excluding carboxylic acids is 1. The topological polar surface area (TPSA) is 59.2 Å². The average Bonchev–Trinajstić information content (AvgIpc) is 3.10. The lowest BCUT2D eigenvalue weighted by molar-refractivity contribution is -0.140. The van der Waals surface area contributed by atoms with E-state index in [4.69, 9.17) is 4.52 Å². The number of carbonyl (C=O) groups is 1. The maximum atomic E-state index is 12.6. The highest BCUT2D eigenvalue weighted by Gasteiger charge is 2.33. The molecule has 0 spiro atoms. The summed E-state index contributed by atoms with van der Waals surface area (Å²) in [6, 6.07) is 8.31. The number of benzene rings is 1. The first-order valence-corrected chi connectivity index (χ1v) is 9.49. The molecule has 1 atom stereocenters. The maximum absolute atomic E-state index is 12.6. The van der Waals surface area contributed by atoms with E-state index in [1.165, 1.54) is 5.56 Å². The largest absolute Gasteiger partial charge is 0.341 e. The number of piperidine rings is 1. The van der Waals surface area contributed by atoms with Gasteiger partial charge >= 0.3 is 0 Å². The number of aromatic nitrogens is 2. The van der Waals surface area contributed by atoms with Crippen molar-refractivity contribution in [2.75, 3.05) is 13.1 Å². The number of hydrogen-bond acceptors (Lipinski definition) is 4. The highest BCUT2D eigenvalue weighted by atomic mass is 16.5. The third-order valence-electron chi connectivity index (χ3n) is 4.98. The van der Waals surface area contributed by atoms with E-state index in [1.54, 1.807) is 0 Å². The average molecular weight is 355 g/mol. The van der Waals surface area contributed by atoms with Crippen LogP contribution in [0.1, 0.15) is 70.8 Å². The summed E-state index contributed by atoms with van der Waals surface area (Å²) in [5.41, 5.74) is 1.89. The molecule has 26 heavy (non-hydrogen) atoms. The maximum Gasteiger partial charge on any atom is 0.231 e. The Balaban J connectivity index is 1.74. The summed E-state index contributed by atoms with van der Waals surface area (Å²) in [6.45, 7) is 11.7. The smallest absolute Gasteiger partial charge is 0.231 e. The van der Waals surface area contributed by atoms with Crippen molar-refractivity contribution in [3.05, 3.63) is 35.7 Å². The van der Waals surface area contributed by atoms with Crippen molar-refractivity contribution >= 4 is 5.91 Å². The zero-order valence-electron chi connectivity index (χ0n) is 16.5. The van der Waals surface area contributed by atoms with E-state index in [1.807, 2.05) is 37.8 Å². The van der Waals surface area contributed by atoms with Crippen LogP contribution in [0.4, 0.5) is 0 Å². The van der Waals surface area contributed by atoms with E-state index in [0.29, 0.717) is 24.2 Å². The fourth-order valence-corrected chi connectivity index (χ4v) is 3.37. The molecule has 1 aromatic heterocycles. The van der Waals surface area contributed by atoms with Gasteiger partial charge in [-0.15, -0.1) is 0 Å². The second kappa shape index (κ2) is 7.22. The first kappa shape index (κ1) is 18.6. The molecule has 2 heterocycles. The summed E-state index contributed by atoms with van der Waals surface area (Å²) in [5.74, 6) is 2.06. The van der Waals surface area contributed by atoms with Crippen molar-refractivity contribution < 1.29 is 9.32 Å². The van der Waals surface area contributed by atoms with Crippen LogP contribution in [0.15, 0.2) is 28.8 Å². The zero-order chi connectivity index (χ0) is 18.9. The summed E-state index contributed by atoms with van der Waals surface area (Å²) >= 11 is 0. The van der Waals surface area contributed by atoms with Gasteiger partial charge in [0.1, 0.15) is 0 Å². The molecule has 0 N–H and O–H groups in total. The van der Waals surface area contributed by atoms with Crippen LogP contribution in [0.5, 0.6) is 0 Å². The number of amides is 1. The minimum absolute atomic E-state index is 0.117. The molecular formula is C21H29N3O2. The molecule has 0 unspecified atom stereocenters. The SMILES string of the molecule is CC(C)c1ccc(-c2noc([C@@H]3CCCN(C(=O)C(C)(C)C)C3)n2)cc1. The van der Waals surface area contributed by atoms with E-state index in [2.05, 4.69) is 36.1 Å². The molecule has 1 saturated heterocycles. The third kappa shape index (κ3) is 3.97. The lowest BCUT2D eigenvalue weighted by Crippen LogP contribution is -2.44. The second-order valence-corrected chi connectivity index (χ2v) is 8.57. The molecule has 1 fully saturated rings. The molecule has 0 radical (unpaired) electrons. The van der Waals surface area contributed by atoms with E-state index < -0.39 is 0 Å². The summed E-state index contributed by atoms with van der Waals surface area (Å²) < 4.78 is 5.55. The van der Waals surface area contributed by atoms with Crippen LogP contribution < -0.4 is 0 Å². The van der Waals surface area contributed by atoms with Crippen molar-refractivity contribution in [2.45, 2.75) is 59.3 Å². The summed E-state index contributed by atoms with van der Waals surface area (Å²) in [7, 11) is 0. The van der Waals surface area contributed by atoms with E-state index in [9.17, 15) is 4.79 Å². The van der Waals surface area contributed by atoms with E-state index in [-0.39, 0.29) is 17.2 Å². The number of likely N-dealkylation sites (tertiary alicyclic amines) is 1. The van der Waals surface area contributed by atoms with Gasteiger partial charge in [-0.1, -0.05) is 64.0 Å². The Morgan fingerprint density at radius 3 is 2.54 bits per heavy atom. The van der Waals surface area contributed by atoms with Gasteiger partial charge in [0.05, 0.1) is 5.92 Å². The van der Waals surface area contributed by atoms with Crippen molar-refractivity contribution in [3.8, 4) is 11.4 Å². The van der Waals surface area contributed by atoms with Gasteiger partial charge in [0.2, 0.25) is 17.6 Å². The van der Waals surface area contributed by atoms with Gasteiger partial charge in [-0.05, 0) is 24.3 Å². The molecule has 0 bridgehead atoms. The highest BCUT2D eigenvalue weighted by Crippen LogP contribution is 2.30. The fourth-order valence-electron chi connectivity index (χ4n) is 3.37. The van der Waals surface area contributed by atoms with Gasteiger partial charge in [-0.2, -0.15) is 4.98 Å². The molecule has 3 rings (SSSR count). The van der Waals surface area contributed by atoms with Crippen LogP contribution in [0.3, 0.4) is 0 Å². The molecule has 1 aliphatic heterocycles. The van der Waals surface area contributed by atoms with Crippen LogP contribution in [0, 0.1) is 5.41 Å². The molecule has 2 aromatic rings. The van der Waals surface area contributed by atoms with Gasteiger partial charge in [-0.25, -0.2) is 0 Å². The summed E-state index contributed by atoms with van der Waals surface area (Å²) in [6.07, 6.45) is 1.94. The Morgan fingerprint density at radius 1 is 1.23 bits per heavy atom. The first-order valence-electron chi connectivity index (χ1n) is 9.49. The predicted molar refractivity (Wildman–Crippen MR) is 102 cm³/mol. The Bertz CT molecular complexity index is 756. The van der Waals surface area contributed by atoms with Gasteiger partial charge in [-0.3, -0.25) is 4.79 Å². The third-order valence-corrected chi connectivity index (χ3v) is 4.98. The van der Waals surface area contributed by atoms with Crippen LogP contribution in [-0.4, -0.2) is 34.0 Å². The lowest BCUT2D eigenvalue weighted by atomic mass is 9.91. The Kier molecular flexibility index (Phi) is 5.17. The fraction of sp³-hybridized carbons (Fsp3) is 0.571. The number of rotatable bonds is 3. The van der Waals surface area contributed by atoms with Crippen molar-refractivity contribution in [2.24, 2.45) is 5.41 Å². The molecule has 1 aliphatic rings. The molecular weight excluding hydrogens is 326 g/mol. The van der Waals surface area contributed by atoms with Crippen LogP contribution in [-0.2, 0) is 4.79 Å². The number of nitrogens with zero attached hydrogens (tertiary/aromatic N) is 3. The normalized spacial score (nSPS) is 18.4. The molecule has 5 nitrogen and oxygen atoms in total. The van der Waals surface area contributed by atoms with Gasteiger partial charge in [0, 0.05) is 24.1 Å². The van der Waals surface area contributed by atoms with E-state index >= 15 is 0 Å². The molecule has 0 saturated carbocycles. The molecule has 1 aromatic carbocycles. The first-order chi connectivity index (χ1) is 12.3. The molecule has 0 aliphatic carbocycles. The highest BCUT2D eigenvalue weighted by molar-refractivity contribution is 5.81. The van der Waals surface area contributed by atoms with E-state index in [0.717, 1.165) is 24.9 Å². The minimum Gasteiger partial charge on any atom is -0.341 e. The standard InChI is InChI=1S/C21H29N3O2/c1-14(2)15-8-10-16(11-9-15)18-22-19(26-23-18)17-7-6-12-24(13-17)20(25)21(3,4)5/h8-11,14,17H,6-7,12-13H2,1-5H3/t17-/m1/s1. The predicted octanol–water partition coefficient (Wildman–Crippen LogP) is 4.61. The Hall–Kier alpha value is -2.17. The summed E-state index contributed by atoms with van der Waals surface area (Å²) in [4.78, 5) is 19.1. The lowest BCUT2D eigenvalue weighted by Gasteiger charge is -2.35. The zero-order valence-corrected chi connectivity index (χ0v) is 16.5. The summed E-state index contributed by atoms with van der Waals surface area (Å²) in [5, 5.41) is 4.17. The van der Waals surface area contributed by atoms with Gasteiger partial charge in [0.25, 0.3) is 0 Å². The minimum atomic E-state index is -0.361. The quantitative estimate of drug-likeness (QED) is 0.806. The monoisotopic (exact) mass is 355 g/mol. The van der Waals surface area contributed by atoms with Crippen LogP contribution in [0.25, 0.3) is 11.4 Å². The van der Waals surface area contributed by atoms with Gasteiger partial charge < -0.3 is 9.42 Å². The van der Waals surface area contributed by atoms with Crippen LogP contribution in [0.2, 0.25) is 0 Å². The molecule has 140 valence electrons. The van der Waals surface area contributed by atoms with Crippen molar-refractivity contribution in [1.82, 2.24) is 15.0 Å². The van der Waals surface area contributed by atoms with Crippen molar-refractivity contribution in [3.63, 3.8) is 0 Å². The van der Waals surface area contributed by atoms with Crippen molar-refractivity contribution in [1.29, 1.82) is 0 Å². The molecule has 5 heteroatoms. The Labute approximate surface area is 155 Å². The second-order valence-electron chi connectivity index (χ2n) is 8.57. The Morgan fingerprint density at radius 2 is 1.92 bits per heavy atom.